The van der Waals surface area contributed by atoms with Crippen molar-refractivity contribution in [2.75, 3.05) is 0 Å². The van der Waals surface area contributed by atoms with E-state index in [1.807, 2.05) is 24.3 Å². The number of hydrogen-bond acceptors (Lipinski definition) is 5. The normalized spacial score (nSPS) is 11.5. The van der Waals surface area contributed by atoms with Gasteiger partial charge in [0.25, 0.3) is 0 Å². The molecule has 154 valence electrons. The summed E-state index contributed by atoms with van der Waals surface area (Å²) in [7, 11) is 0. The van der Waals surface area contributed by atoms with Crippen LogP contribution in [-0.4, -0.2) is 21.3 Å². The van der Waals surface area contributed by atoms with Gasteiger partial charge in [-0.15, -0.1) is 0 Å². The monoisotopic (exact) mass is 476 g/mol. The number of halogens is 1. The quantitative estimate of drug-likeness (QED) is 0.244. The number of furan rings is 2. The molecule has 0 aliphatic heterocycles. The maximum Gasteiger partial charge on any atom is 0.206 e. The number of allylic oxidation sites excluding steroid dienone is 2. The van der Waals surface area contributed by atoms with Crippen molar-refractivity contribution in [2.45, 2.75) is 6.92 Å². The van der Waals surface area contributed by atoms with Crippen LogP contribution < -0.4 is 0 Å². The van der Waals surface area contributed by atoms with Crippen molar-refractivity contribution in [2.24, 2.45) is 0 Å². The maximum atomic E-state index is 13.0. The first-order chi connectivity index (χ1) is 15.0. The summed E-state index contributed by atoms with van der Waals surface area (Å²) >= 11 is 3.41. The average Bonchev–Trinajstić information content (AvgIpc) is 3.52. The van der Waals surface area contributed by atoms with E-state index in [1.165, 1.54) is 24.7 Å². The standard InChI is InChI=1S/C24H17BrN2O4/c1-16-23(21(28)12-10-19-4-2-14-30-19)24(22(29)13-11-20-5-3-15-31-20)26-27(16)18-8-6-17(25)7-9-18/h2-15H,1H3/b12-10+,13-11+. The SMILES string of the molecule is Cc1c(C(=O)/C=C/c2ccco2)c(C(=O)/C=C/c2ccco2)nn1-c1ccc(Br)cc1. The second-order valence-corrected chi connectivity index (χ2v) is 7.54. The fraction of sp³-hybridized carbons (Fsp3) is 0.0417. The molecule has 0 aliphatic carbocycles. The van der Waals surface area contributed by atoms with Gasteiger partial charge in [-0.3, -0.25) is 9.59 Å². The third-order valence-electron chi connectivity index (χ3n) is 4.55. The Morgan fingerprint density at radius 1 is 0.903 bits per heavy atom. The highest BCUT2D eigenvalue weighted by atomic mass is 79.9. The third-order valence-corrected chi connectivity index (χ3v) is 5.08. The number of rotatable bonds is 7. The number of carbonyl (C=O) groups is 2. The van der Waals surface area contributed by atoms with Crippen molar-refractivity contribution in [3.05, 3.63) is 106 Å². The molecule has 0 aliphatic rings. The lowest BCUT2D eigenvalue weighted by Gasteiger charge is -2.04. The molecule has 0 amide bonds. The Balaban J connectivity index is 1.75. The summed E-state index contributed by atoms with van der Waals surface area (Å²) in [5, 5.41) is 4.47. The van der Waals surface area contributed by atoms with Crippen LogP contribution >= 0.6 is 15.9 Å². The van der Waals surface area contributed by atoms with Crippen LogP contribution in [0, 0.1) is 6.92 Å². The van der Waals surface area contributed by atoms with Gasteiger partial charge in [0.15, 0.2) is 5.78 Å². The Hall–Kier alpha value is -3.71. The van der Waals surface area contributed by atoms with Crippen LogP contribution in [0.3, 0.4) is 0 Å². The van der Waals surface area contributed by atoms with Crippen molar-refractivity contribution in [1.29, 1.82) is 0 Å². The van der Waals surface area contributed by atoms with E-state index in [1.54, 1.807) is 48.0 Å². The Labute approximate surface area is 186 Å². The lowest BCUT2D eigenvalue weighted by molar-refractivity contribution is 0.101. The number of nitrogens with zero attached hydrogens (tertiary/aromatic N) is 2. The minimum absolute atomic E-state index is 0.0670. The van der Waals surface area contributed by atoms with Crippen molar-refractivity contribution < 1.29 is 18.4 Å². The number of benzene rings is 1. The van der Waals surface area contributed by atoms with Crippen LogP contribution in [0.25, 0.3) is 17.8 Å². The van der Waals surface area contributed by atoms with Gasteiger partial charge in [0, 0.05) is 4.47 Å². The molecule has 3 aromatic heterocycles. The zero-order valence-electron chi connectivity index (χ0n) is 16.5. The molecule has 0 bridgehead atoms. The highest BCUT2D eigenvalue weighted by Gasteiger charge is 2.24. The van der Waals surface area contributed by atoms with Gasteiger partial charge in [-0.25, -0.2) is 4.68 Å². The molecule has 0 unspecified atom stereocenters. The van der Waals surface area contributed by atoms with Gasteiger partial charge in [0.05, 0.1) is 29.5 Å². The zero-order valence-corrected chi connectivity index (χ0v) is 18.1. The Kier molecular flexibility index (Phi) is 5.95. The molecular formula is C24H17BrN2O4. The molecule has 0 saturated heterocycles. The van der Waals surface area contributed by atoms with Crippen LogP contribution in [0.5, 0.6) is 0 Å². The van der Waals surface area contributed by atoms with E-state index in [2.05, 4.69) is 21.0 Å². The van der Waals surface area contributed by atoms with E-state index in [0.29, 0.717) is 17.2 Å². The van der Waals surface area contributed by atoms with Crippen molar-refractivity contribution >= 4 is 39.6 Å². The first-order valence-corrected chi connectivity index (χ1v) is 10.2. The van der Waals surface area contributed by atoms with Crippen LogP contribution in [-0.2, 0) is 0 Å². The van der Waals surface area contributed by atoms with E-state index in [0.717, 1.165) is 10.2 Å². The summed E-state index contributed by atoms with van der Waals surface area (Å²) in [5.41, 5.74) is 1.60. The van der Waals surface area contributed by atoms with E-state index >= 15 is 0 Å². The van der Waals surface area contributed by atoms with Gasteiger partial charge >= 0.3 is 0 Å². The molecule has 4 rings (SSSR count). The fourth-order valence-corrected chi connectivity index (χ4v) is 3.32. The zero-order chi connectivity index (χ0) is 21.8. The first kappa shape index (κ1) is 20.6. The fourth-order valence-electron chi connectivity index (χ4n) is 3.05. The Morgan fingerprint density at radius 2 is 1.48 bits per heavy atom. The summed E-state index contributed by atoms with van der Waals surface area (Å²) in [6, 6.07) is 14.4. The first-order valence-electron chi connectivity index (χ1n) is 9.40. The summed E-state index contributed by atoms with van der Waals surface area (Å²) in [4.78, 5) is 26.0. The number of ketones is 2. The molecule has 0 saturated carbocycles. The van der Waals surface area contributed by atoms with Crippen molar-refractivity contribution in [1.82, 2.24) is 9.78 Å². The lowest BCUT2D eigenvalue weighted by atomic mass is 10.0. The second-order valence-electron chi connectivity index (χ2n) is 6.62. The van der Waals surface area contributed by atoms with Crippen LogP contribution in [0.4, 0.5) is 0 Å². The Morgan fingerprint density at radius 3 is 2.03 bits per heavy atom. The number of carbonyl (C=O) groups excluding carboxylic acids is 2. The summed E-state index contributed by atoms with van der Waals surface area (Å²) < 4.78 is 13.0. The molecule has 6 nitrogen and oxygen atoms in total. The highest BCUT2D eigenvalue weighted by molar-refractivity contribution is 9.10. The number of hydrogen-bond donors (Lipinski definition) is 0. The summed E-state index contributed by atoms with van der Waals surface area (Å²) in [6.45, 7) is 1.76. The van der Waals surface area contributed by atoms with E-state index in [4.69, 9.17) is 8.83 Å². The molecule has 0 atom stereocenters. The number of aromatic nitrogens is 2. The van der Waals surface area contributed by atoms with Gasteiger partial charge in [0.1, 0.15) is 17.2 Å². The van der Waals surface area contributed by atoms with Crippen LogP contribution in [0.2, 0.25) is 0 Å². The molecule has 0 N–H and O–H groups in total. The molecule has 0 fully saturated rings. The highest BCUT2D eigenvalue weighted by Crippen LogP contribution is 2.22. The topological polar surface area (TPSA) is 78.2 Å². The molecule has 0 spiro atoms. The maximum absolute atomic E-state index is 13.0. The van der Waals surface area contributed by atoms with Gasteiger partial charge in [-0.1, -0.05) is 15.9 Å². The largest absolute Gasteiger partial charge is 0.465 e. The van der Waals surface area contributed by atoms with E-state index in [-0.39, 0.29) is 17.0 Å². The van der Waals surface area contributed by atoms with Crippen LogP contribution in [0.15, 0.2) is 86.5 Å². The van der Waals surface area contributed by atoms with Crippen LogP contribution in [0.1, 0.15) is 38.1 Å². The van der Waals surface area contributed by atoms with Gasteiger partial charge < -0.3 is 8.83 Å². The smallest absolute Gasteiger partial charge is 0.206 e. The molecular weight excluding hydrogens is 460 g/mol. The van der Waals surface area contributed by atoms with E-state index in [9.17, 15) is 9.59 Å². The molecule has 1 aromatic carbocycles. The predicted octanol–water partition coefficient (Wildman–Crippen LogP) is 5.92. The molecule has 3 heterocycles. The van der Waals surface area contributed by atoms with E-state index < -0.39 is 5.78 Å². The van der Waals surface area contributed by atoms with Gasteiger partial charge in [-0.05, 0) is 79.8 Å². The third kappa shape index (κ3) is 4.57. The van der Waals surface area contributed by atoms with Crippen molar-refractivity contribution in [3.63, 3.8) is 0 Å². The summed E-state index contributed by atoms with van der Waals surface area (Å²) in [5.74, 6) is 0.331. The molecule has 0 radical (unpaired) electrons. The lowest BCUT2D eigenvalue weighted by Crippen LogP contribution is -2.05. The average molecular weight is 477 g/mol. The van der Waals surface area contributed by atoms with Crippen molar-refractivity contribution in [3.8, 4) is 5.69 Å². The summed E-state index contributed by atoms with van der Waals surface area (Å²) in [6.07, 6.45) is 8.87. The minimum Gasteiger partial charge on any atom is -0.465 e. The Bertz CT molecular complexity index is 1260. The predicted molar refractivity (Wildman–Crippen MR) is 120 cm³/mol. The van der Waals surface area contributed by atoms with Gasteiger partial charge in [0.2, 0.25) is 5.78 Å². The molecule has 4 aromatic rings. The minimum atomic E-state index is -0.398. The molecule has 7 heteroatoms. The van der Waals surface area contributed by atoms with Gasteiger partial charge in [-0.2, -0.15) is 5.10 Å². The molecule has 31 heavy (non-hydrogen) atoms. The second kappa shape index (κ2) is 8.97.